The SMILES string of the molecule is C=C(C)CNC(N)=NCC1(C(F)F)CC1.I. The van der Waals surface area contributed by atoms with Crippen molar-refractivity contribution in [3.63, 3.8) is 0 Å². The predicted octanol–water partition coefficient (Wildman–Crippen LogP) is 2.13. The van der Waals surface area contributed by atoms with Crippen molar-refractivity contribution < 1.29 is 8.78 Å². The molecule has 0 radical (unpaired) electrons. The summed E-state index contributed by atoms with van der Waals surface area (Å²) < 4.78 is 25.0. The Kier molecular flexibility index (Phi) is 6.20. The van der Waals surface area contributed by atoms with Gasteiger partial charge in [0.05, 0.1) is 12.0 Å². The molecule has 6 heteroatoms. The number of hydrogen-bond acceptors (Lipinski definition) is 1. The Morgan fingerprint density at radius 1 is 1.56 bits per heavy atom. The van der Waals surface area contributed by atoms with E-state index >= 15 is 0 Å². The quantitative estimate of drug-likeness (QED) is 0.347. The maximum absolute atomic E-state index is 12.5. The molecule has 3 nitrogen and oxygen atoms in total. The van der Waals surface area contributed by atoms with E-state index in [-0.39, 0.29) is 36.5 Å². The molecule has 94 valence electrons. The molecule has 0 heterocycles. The minimum Gasteiger partial charge on any atom is -0.370 e. The van der Waals surface area contributed by atoms with Crippen LogP contribution in [-0.4, -0.2) is 25.5 Å². The minimum atomic E-state index is -2.30. The average molecular weight is 345 g/mol. The van der Waals surface area contributed by atoms with Gasteiger partial charge in [-0.15, -0.1) is 24.0 Å². The van der Waals surface area contributed by atoms with Crippen molar-refractivity contribution in [3.8, 4) is 0 Å². The normalized spacial score (nSPS) is 17.9. The molecule has 0 aromatic heterocycles. The Hall–Kier alpha value is -0.400. The van der Waals surface area contributed by atoms with Crippen LogP contribution < -0.4 is 11.1 Å². The molecule has 16 heavy (non-hydrogen) atoms. The van der Waals surface area contributed by atoms with Gasteiger partial charge in [0.25, 0.3) is 0 Å². The van der Waals surface area contributed by atoms with Gasteiger partial charge in [0.15, 0.2) is 5.96 Å². The monoisotopic (exact) mass is 345 g/mol. The molecule has 0 aromatic rings. The van der Waals surface area contributed by atoms with E-state index < -0.39 is 11.8 Å². The van der Waals surface area contributed by atoms with Crippen LogP contribution in [0.2, 0.25) is 0 Å². The summed E-state index contributed by atoms with van der Waals surface area (Å²) in [5.41, 5.74) is 5.54. The minimum absolute atomic E-state index is 0. The first-order valence-electron chi connectivity index (χ1n) is 4.92. The van der Waals surface area contributed by atoms with Gasteiger partial charge >= 0.3 is 0 Å². The van der Waals surface area contributed by atoms with Gasteiger partial charge in [0.1, 0.15) is 0 Å². The zero-order chi connectivity index (χ0) is 11.5. The van der Waals surface area contributed by atoms with Crippen LogP contribution in [0.4, 0.5) is 8.78 Å². The summed E-state index contributed by atoms with van der Waals surface area (Å²) in [5, 5.41) is 2.80. The number of nitrogens with zero attached hydrogens (tertiary/aromatic N) is 1. The smallest absolute Gasteiger partial charge is 0.245 e. The molecular weight excluding hydrogens is 327 g/mol. The van der Waals surface area contributed by atoms with Gasteiger partial charge in [-0.1, -0.05) is 12.2 Å². The van der Waals surface area contributed by atoms with E-state index in [4.69, 9.17) is 5.73 Å². The summed E-state index contributed by atoms with van der Waals surface area (Å²) in [7, 11) is 0. The number of guanidine groups is 1. The van der Waals surface area contributed by atoms with Gasteiger partial charge in [-0.3, -0.25) is 4.99 Å². The van der Waals surface area contributed by atoms with Gasteiger partial charge in [-0.2, -0.15) is 0 Å². The van der Waals surface area contributed by atoms with Gasteiger partial charge in [-0.05, 0) is 19.8 Å². The third-order valence-electron chi connectivity index (χ3n) is 2.49. The summed E-state index contributed by atoms with van der Waals surface area (Å²) >= 11 is 0. The van der Waals surface area contributed by atoms with Crippen LogP contribution in [0.5, 0.6) is 0 Å². The molecule has 0 unspecified atom stereocenters. The molecule has 1 rings (SSSR count). The van der Waals surface area contributed by atoms with Gasteiger partial charge < -0.3 is 11.1 Å². The van der Waals surface area contributed by atoms with Crippen LogP contribution in [0, 0.1) is 5.41 Å². The molecule has 0 aliphatic heterocycles. The van der Waals surface area contributed by atoms with Crippen molar-refractivity contribution >= 4 is 29.9 Å². The predicted molar refractivity (Wildman–Crippen MR) is 72.4 cm³/mol. The molecular formula is C10H18F2IN3. The average Bonchev–Trinajstić information content (AvgIpc) is 2.92. The molecule has 1 aliphatic carbocycles. The molecule has 0 aromatic carbocycles. The molecule has 1 saturated carbocycles. The highest BCUT2D eigenvalue weighted by molar-refractivity contribution is 14.0. The molecule has 1 fully saturated rings. The van der Waals surface area contributed by atoms with Crippen molar-refractivity contribution in [2.24, 2.45) is 16.1 Å². The van der Waals surface area contributed by atoms with Crippen molar-refractivity contribution in [1.29, 1.82) is 0 Å². The van der Waals surface area contributed by atoms with E-state index in [9.17, 15) is 8.78 Å². The fourth-order valence-corrected chi connectivity index (χ4v) is 1.15. The van der Waals surface area contributed by atoms with Crippen molar-refractivity contribution in [3.05, 3.63) is 12.2 Å². The summed E-state index contributed by atoms with van der Waals surface area (Å²) in [5.74, 6) is 0.213. The summed E-state index contributed by atoms with van der Waals surface area (Å²) in [6.45, 7) is 6.17. The lowest BCUT2D eigenvalue weighted by molar-refractivity contribution is 0.0667. The second-order valence-corrected chi connectivity index (χ2v) is 4.18. The summed E-state index contributed by atoms with van der Waals surface area (Å²) in [4.78, 5) is 3.91. The number of nitrogens with two attached hydrogens (primary N) is 1. The lowest BCUT2D eigenvalue weighted by Crippen LogP contribution is -2.33. The third-order valence-corrected chi connectivity index (χ3v) is 2.49. The van der Waals surface area contributed by atoms with E-state index in [2.05, 4.69) is 16.9 Å². The standard InChI is InChI=1S/C10H17F2N3.HI/c1-7(2)5-14-9(13)15-6-10(3-4-10)8(11)12;/h8H,1,3-6H2,2H3,(H3,13,14,15);1H. The lowest BCUT2D eigenvalue weighted by Gasteiger charge is -2.11. The van der Waals surface area contributed by atoms with Crippen LogP contribution in [0.1, 0.15) is 19.8 Å². The Labute approximate surface area is 112 Å². The molecule has 0 bridgehead atoms. The highest BCUT2D eigenvalue weighted by Crippen LogP contribution is 2.50. The lowest BCUT2D eigenvalue weighted by atomic mass is 10.1. The van der Waals surface area contributed by atoms with Crippen molar-refractivity contribution in [1.82, 2.24) is 5.32 Å². The first-order chi connectivity index (χ1) is 6.96. The molecule has 0 spiro atoms. The van der Waals surface area contributed by atoms with Gasteiger partial charge in [-0.25, -0.2) is 8.78 Å². The first-order valence-corrected chi connectivity index (χ1v) is 4.92. The first kappa shape index (κ1) is 15.6. The zero-order valence-corrected chi connectivity index (χ0v) is 11.6. The maximum atomic E-state index is 12.5. The summed E-state index contributed by atoms with van der Waals surface area (Å²) in [6, 6.07) is 0. The number of halogens is 3. The number of rotatable bonds is 5. The maximum Gasteiger partial charge on any atom is 0.245 e. The third kappa shape index (κ3) is 4.63. The summed E-state index contributed by atoms with van der Waals surface area (Å²) in [6.07, 6.45) is -1.21. The van der Waals surface area contributed by atoms with Crippen molar-refractivity contribution in [2.75, 3.05) is 13.1 Å². The molecule has 3 N–H and O–H groups in total. The highest BCUT2D eigenvalue weighted by Gasteiger charge is 2.50. The Morgan fingerprint density at radius 2 is 2.12 bits per heavy atom. The van der Waals surface area contributed by atoms with E-state index in [1.165, 1.54) is 0 Å². The molecule has 0 saturated heterocycles. The number of alkyl halides is 2. The highest BCUT2D eigenvalue weighted by atomic mass is 127. The Balaban J connectivity index is 0.00000225. The van der Waals surface area contributed by atoms with E-state index in [0.717, 1.165) is 5.57 Å². The Bertz CT molecular complexity index is 275. The second kappa shape index (κ2) is 6.36. The number of aliphatic imine (C=N–C) groups is 1. The van der Waals surface area contributed by atoms with Gasteiger partial charge in [0, 0.05) is 6.54 Å². The fourth-order valence-electron chi connectivity index (χ4n) is 1.15. The molecule has 0 atom stereocenters. The van der Waals surface area contributed by atoms with Crippen LogP contribution in [0.15, 0.2) is 17.1 Å². The number of hydrogen-bond donors (Lipinski definition) is 2. The van der Waals surface area contributed by atoms with Crippen LogP contribution in [0.3, 0.4) is 0 Å². The van der Waals surface area contributed by atoms with E-state index in [1.807, 2.05) is 6.92 Å². The van der Waals surface area contributed by atoms with Crippen LogP contribution in [-0.2, 0) is 0 Å². The molecule has 0 amide bonds. The molecule has 1 aliphatic rings. The van der Waals surface area contributed by atoms with Crippen LogP contribution >= 0.6 is 24.0 Å². The van der Waals surface area contributed by atoms with Crippen LogP contribution in [0.25, 0.3) is 0 Å². The van der Waals surface area contributed by atoms with E-state index in [1.54, 1.807) is 0 Å². The fraction of sp³-hybridized carbons (Fsp3) is 0.700. The Morgan fingerprint density at radius 3 is 2.50 bits per heavy atom. The zero-order valence-electron chi connectivity index (χ0n) is 9.30. The van der Waals surface area contributed by atoms with Crippen molar-refractivity contribution in [2.45, 2.75) is 26.2 Å². The second-order valence-electron chi connectivity index (χ2n) is 4.18. The topological polar surface area (TPSA) is 50.4 Å². The van der Waals surface area contributed by atoms with E-state index in [0.29, 0.717) is 19.4 Å². The number of nitrogens with one attached hydrogen (secondary N) is 1. The van der Waals surface area contributed by atoms with Gasteiger partial charge in [0.2, 0.25) is 6.43 Å². The largest absolute Gasteiger partial charge is 0.370 e.